The van der Waals surface area contributed by atoms with E-state index in [2.05, 4.69) is 22.0 Å². The van der Waals surface area contributed by atoms with Gasteiger partial charge in [-0.2, -0.15) is 0 Å². The summed E-state index contributed by atoms with van der Waals surface area (Å²) in [6, 6.07) is 6.12. The highest BCUT2D eigenvalue weighted by Gasteiger charge is 2.45. The molecule has 1 aromatic carbocycles. The topological polar surface area (TPSA) is 42.2 Å². The second-order valence-corrected chi connectivity index (χ2v) is 7.04. The molecule has 1 aromatic heterocycles. The first-order valence-electron chi connectivity index (χ1n) is 7.68. The van der Waals surface area contributed by atoms with Crippen molar-refractivity contribution in [2.24, 2.45) is 5.92 Å². The molecule has 0 spiro atoms. The van der Waals surface area contributed by atoms with E-state index in [4.69, 9.17) is 27.6 Å². The van der Waals surface area contributed by atoms with Crippen LogP contribution in [0.4, 0.5) is 0 Å². The normalized spacial score (nSPS) is 25.8. The maximum Gasteiger partial charge on any atom is 0.249 e. The third-order valence-electron chi connectivity index (χ3n) is 4.95. The summed E-state index contributed by atoms with van der Waals surface area (Å²) in [6.45, 7) is 3.28. The van der Waals surface area contributed by atoms with Crippen molar-refractivity contribution in [3.8, 4) is 11.5 Å². The Morgan fingerprint density at radius 2 is 2.14 bits per heavy atom. The van der Waals surface area contributed by atoms with Gasteiger partial charge >= 0.3 is 0 Å². The Labute approximate surface area is 139 Å². The fourth-order valence-electron chi connectivity index (χ4n) is 3.70. The van der Waals surface area contributed by atoms with Crippen molar-refractivity contribution in [2.45, 2.75) is 38.3 Å². The molecule has 4 nitrogen and oxygen atoms in total. The van der Waals surface area contributed by atoms with Crippen LogP contribution in [0.25, 0.3) is 11.5 Å². The van der Waals surface area contributed by atoms with E-state index in [1.807, 2.05) is 6.07 Å². The smallest absolute Gasteiger partial charge is 0.249 e. The molecular formula is C16H17Cl2N3O. The molecule has 1 saturated carbocycles. The van der Waals surface area contributed by atoms with E-state index in [1.165, 1.54) is 19.3 Å². The number of rotatable bonds is 3. The number of likely N-dealkylation sites (tertiary alicyclic amines) is 1. The summed E-state index contributed by atoms with van der Waals surface area (Å²) in [5.41, 5.74) is 0.722. The number of hydrogen-bond donors (Lipinski definition) is 0. The highest BCUT2D eigenvalue weighted by Crippen LogP contribution is 2.43. The molecule has 3 atom stereocenters. The van der Waals surface area contributed by atoms with E-state index in [1.54, 1.807) is 12.1 Å². The van der Waals surface area contributed by atoms with Gasteiger partial charge in [-0.25, -0.2) is 0 Å². The van der Waals surface area contributed by atoms with Gasteiger partial charge in [-0.15, -0.1) is 10.2 Å². The summed E-state index contributed by atoms with van der Waals surface area (Å²) in [6.07, 6.45) is 4.00. The van der Waals surface area contributed by atoms with E-state index in [-0.39, 0.29) is 6.04 Å². The Morgan fingerprint density at radius 1 is 1.27 bits per heavy atom. The first-order chi connectivity index (χ1) is 10.6. The number of fused-ring (bicyclic) bond motifs is 1. The van der Waals surface area contributed by atoms with Crippen LogP contribution in [0.15, 0.2) is 22.6 Å². The maximum atomic E-state index is 6.20. The molecule has 0 bridgehead atoms. The minimum atomic E-state index is 0.159. The maximum absolute atomic E-state index is 6.20. The van der Waals surface area contributed by atoms with Crippen LogP contribution < -0.4 is 0 Å². The Balaban J connectivity index is 1.56. The predicted octanol–water partition coefficient (Wildman–Crippen LogP) is 4.59. The van der Waals surface area contributed by atoms with E-state index < -0.39 is 0 Å². The summed E-state index contributed by atoms with van der Waals surface area (Å²) < 4.78 is 5.87. The lowest BCUT2D eigenvalue weighted by Gasteiger charge is -2.47. The molecule has 6 heteroatoms. The lowest BCUT2D eigenvalue weighted by atomic mass is 9.90. The van der Waals surface area contributed by atoms with Crippen molar-refractivity contribution >= 4 is 23.2 Å². The summed E-state index contributed by atoms with van der Waals surface area (Å²) in [7, 11) is 0. The molecule has 2 fully saturated rings. The Kier molecular flexibility index (Phi) is 3.63. The Hall–Kier alpha value is -1.10. The van der Waals surface area contributed by atoms with Crippen molar-refractivity contribution in [1.29, 1.82) is 0 Å². The monoisotopic (exact) mass is 337 g/mol. The molecule has 4 rings (SSSR count). The first-order valence-corrected chi connectivity index (χ1v) is 8.43. The largest absolute Gasteiger partial charge is 0.419 e. The molecule has 1 aliphatic carbocycles. The van der Waals surface area contributed by atoms with E-state index in [0.29, 0.717) is 27.9 Å². The average molecular weight is 338 g/mol. The Morgan fingerprint density at radius 3 is 2.91 bits per heavy atom. The first kappa shape index (κ1) is 14.5. The van der Waals surface area contributed by atoms with E-state index in [9.17, 15) is 0 Å². The predicted molar refractivity (Wildman–Crippen MR) is 86.0 cm³/mol. The van der Waals surface area contributed by atoms with Gasteiger partial charge in [0.15, 0.2) is 0 Å². The molecule has 0 N–H and O–H groups in total. The fourth-order valence-corrected chi connectivity index (χ4v) is 4.19. The number of halogens is 2. The zero-order chi connectivity index (χ0) is 15.3. The van der Waals surface area contributed by atoms with Gasteiger partial charge in [0.2, 0.25) is 11.8 Å². The van der Waals surface area contributed by atoms with Crippen molar-refractivity contribution < 1.29 is 4.42 Å². The average Bonchev–Trinajstić information content (AvgIpc) is 3.07. The molecule has 2 heterocycles. The van der Waals surface area contributed by atoms with Crippen LogP contribution in [0.2, 0.25) is 10.0 Å². The van der Waals surface area contributed by atoms with Gasteiger partial charge in [0.1, 0.15) is 0 Å². The van der Waals surface area contributed by atoms with Crippen molar-refractivity contribution in [3.05, 3.63) is 34.1 Å². The Bertz CT molecular complexity index is 702. The molecule has 1 saturated heterocycles. The molecule has 22 heavy (non-hydrogen) atoms. The molecule has 116 valence electrons. The molecule has 1 aliphatic heterocycles. The summed E-state index contributed by atoms with van der Waals surface area (Å²) >= 11 is 12.1. The van der Waals surface area contributed by atoms with E-state index >= 15 is 0 Å². The molecule has 0 unspecified atom stereocenters. The van der Waals surface area contributed by atoms with Gasteiger partial charge in [-0.1, -0.05) is 29.6 Å². The van der Waals surface area contributed by atoms with Crippen LogP contribution >= 0.6 is 23.2 Å². The van der Waals surface area contributed by atoms with Gasteiger partial charge < -0.3 is 4.42 Å². The summed E-state index contributed by atoms with van der Waals surface area (Å²) in [5.74, 6) is 1.98. The fraction of sp³-hybridized carbons (Fsp3) is 0.500. The quantitative estimate of drug-likeness (QED) is 0.821. The molecule has 2 aliphatic rings. The highest BCUT2D eigenvalue weighted by atomic mass is 35.5. The summed E-state index contributed by atoms with van der Waals surface area (Å²) in [5, 5.41) is 9.49. The minimum absolute atomic E-state index is 0.159. The number of benzene rings is 1. The number of hydrogen-bond acceptors (Lipinski definition) is 4. The second-order valence-electron chi connectivity index (χ2n) is 6.20. The van der Waals surface area contributed by atoms with Crippen LogP contribution in [-0.2, 0) is 0 Å². The van der Waals surface area contributed by atoms with Crippen LogP contribution in [0.3, 0.4) is 0 Å². The molecular weight excluding hydrogens is 321 g/mol. The molecule has 0 amide bonds. The van der Waals surface area contributed by atoms with Gasteiger partial charge in [0, 0.05) is 17.6 Å². The highest BCUT2D eigenvalue weighted by molar-refractivity contribution is 6.36. The van der Waals surface area contributed by atoms with Crippen LogP contribution in [-0.4, -0.2) is 27.7 Å². The number of nitrogens with zero attached hydrogens (tertiary/aromatic N) is 3. The van der Waals surface area contributed by atoms with Gasteiger partial charge in [0.25, 0.3) is 0 Å². The summed E-state index contributed by atoms with van der Waals surface area (Å²) in [4.78, 5) is 2.47. The van der Waals surface area contributed by atoms with Crippen molar-refractivity contribution in [1.82, 2.24) is 15.1 Å². The zero-order valence-electron chi connectivity index (χ0n) is 12.3. The van der Waals surface area contributed by atoms with Gasteiger partial charge in [0.05, 0.1) is 16.6 Å². The zero-order valence-corrected chi connectivity index (χ0v) is 13.8. The molecule has 0 radical (unpaired) electrons. The van der Waals surface area contributed by atoms with E-state index in [0.717, 1.165) is 18.0 Å². The standard InChI is InChI=1S/C16H17Cl2N3O/c1-9(21-8-10-3-2-4-14(10)21)15-19-20-16(22-15)12-6-5-11(17)7-13(12)18/h5-7,9-10,14H,2-4,8H2,1H3/t9-,10-,14+/m1/s1. The second kappa shape index (κ2) is 5.52. The van der Waals surface area contributed by atoms with Gasteiger partial charge in [-0.05, 0) is 43.9 Å². The van der Waals surface area contributed by atoms with Crippen LogP contribution in [0, 0.1) is 5.92 Å². The molecule has 2 aromatic rings. The van der Waals surface area contributed by atoms with Crippen molar-refractivity contribution in [2.75, 3.05) is 6.54 Å². The van der Waals surface area contributed by atoms with Crippen molar-refractivity contribution in [3.63, 3.8) is 0 Å². The van der Waals surface area contributed by atoms with Crippen LogP contribution in [0.5, 0.6) is 0 Å². The number of aromatic nitrogens is 2. The third-order valence-corrected chi connectivity index (χ3v) is 5.50. The van der Waals surface area contributed by atoms with Crippen LogP contribution in [0.1, 0.15) is 38.1 Å². The lowest BCUT2D eigenvalue weighted by molar-refractivity contribution is -0.00658. The lowest BCUT2D eigenvalue weighted by Crippen LogP contribution is -2.53. The minimum Gasteiger partial charge on any atom is -0.419 e. The third kappa shape index (κ3) is 2.34. The SMILES string of the molecule is C[C@H](c1nnc(-c2ccc(Cl)cc2Cl)o1)N1C[C@H]2CCC[C@@H]21. The van der Waals surface area contributed by atoms with Gasteiger partial charge in [-0.3, -0.25) is 4.90 Å².